The molecular formula is C28H31NO5. The van der Waals surface area contributed by atoms with Crippen molar-refractivity contribution < 1.29 is 23.7 Å². The van der Waals surface area contributed by atoms with Crippen molar-refractivity contribution in [1.82, 2.24) is 4.90 Å². The van der Waals surface area contributed by atoms with E-state index in [-0.39, 0.29) is 11.9 Å². The first-order valence-electron chi connectivity index (χ1n) is 11.5. The van der Waals surface area contributed by atoms with Crippen LogP contribution in [0, 0.1) is 0 Å². The Bertz CT molecular complexity index is 1140. The Morgan fingerprint density at radius 2 is 1.65 bits per heavy atom. The van der Waals surface area contributed by atoms with Crippen LogP contribution in [0.1, 0.15) is 40.0 Å². The van der Waals surface area contributed by atoms with Crippen LogP contribution in [0.15, 0.2) is 60.7 Å². The first-order valence-corrected chi connectivity index (χ1v) is 11.5. The summed E-state index contributed by atoms with van der Waals surface area (Å²) < 4.78 is 22.6. The number of fused-ring (bicyclic) bond motifs is 1. The van der Waals surface area contributed by atoms with Gasteiger partial charge >= 0.3 is 0 Å². The van der Waals surface area contributed by atoms with Gasteiger partial charge in [-0.15, -0.1) is 0 Å². The molecule has 0 aliphatic carbocycles. The Labute approximate surface area is 201 Å². The van der Waals surface area contributed by atoms with Crippen LogP contribution in [0.5, 0.6) is 23.0 Å². The number of rotatable bonds is 8. The average molecular weight is 462 g/mol. The molecule has 0 radical (unpaired) electrons. The third-order valence-electron chi connectivity index (χ3n) is 6.32. The lowest BCUT2D eigenvalue weighted by molar-refractivity contribution is 0.0589. The fourth-order valence-electron chi connectivity index (χ4n) is 4.37. The lowest BCUT2D eigenvalue weighted by Crippen LogP contribution is -2.42. The Hall–Kier alpha value is -3.67. The molecule has 1 aliphatic heterocycles. The smallest absolute Gasteiger partial charge is 0.254 e. The molecule has 6 nitrogen and oxygen atoms in total. The minimum atomic E-state index is -0.284. The predicted octanol–water partition coefficient (Wildman–Crippen LogP) is 5.09. The highest BCUT2D eigenvalue weighted by Gasteiger charge is 2.33. The lowest BCUT2D eigenvalue weighted by atomic mass is 9.91. The number of amides is 1. The minimum Gasteiger partial charge on any atom is -0.497 e. The first-order chi connectivity index (χ1) is 16.6. The van der Waals surface area contributed by atoms with Crippen molar-refractivity contribution in [1.29, 1.82) is 0 Å². The topological polar surface area (TPSA) is 57.2 Å². The standard InChI is InChI=1S/C28H31NO5/c1-5-19-9-11-22(12-10-19)34-18-25-24-17-27(33-4)26(32-3)16-20(24)13-14-29(25)28(30)21-7-6-8-23(15-21)31-2/h6-12,15-17,25H,5,13-14,18H2,1-4H3/t25-/m1/s1. The second-order valence-corrected chi connectivity index (χ2v) is 8.21. The second kappa shape index (κ2) is 10.5. The molecule has 0 unspecified atom stereocenters. The highest BCUT2D eigenvalue weighted by Crippen LogP contribution is 2.39. The number of carbonyl (C=O) groups excluding carboxylic acids is 1. The van der Waals surface area contributed by atoms with Gasteiger partial charge in [-0.2, -0.15) is 0 Å². The number of aryl methyl sites for hydroxylation is 1. The van der Waals surface area contributed by atoms with Crippen LogP contribution in [-0.2, 0) is 12.8 Å². The van der Waals surface area contributed by atoms with E-state index in [1.54, 1.807) is 27.4 Å². The van der Waals surface area contributed by atoms with Crippen molar-refractivity contribution in [2.24, 2.45) is 0 Å². The number of methoxy groups -OCH3 is 3. The zero-order valence-electron chi connectivity index (χ0n) is 20.2. The van der Waals surface area contributed by atoms with Crippen molar-refractivity contribution in [3.05, 3.63) is 82.9 Å². The van der Waals surface area contributed by atoms with Gasteiger partial charge in [-0.1, -0.05) is 25.1 Å². The third kappa shape index (κ3) is 4.81. The molecule has 1 aliphatic rings. The summed E-state index contributed by atoms with van der Waals surface area (Å²) in [5.41, 5.74) is 3.97. The Morgan fingerprint density at radius 3 is 2.32 bits per heavy atom. The summed E-state index contributed by atoms with van der Waals surface area (Å²) in [6.45, 7) is 3.02. The molecule has 3 aromatic rings. The number of nitrogens with zero attached hydrogens (tertiary/aromatic N) is 1. The maximum Gasteiger partial charge on any atom is 0.254 e. The van der Waals surface area contributed by atoms with Crippen molar-refractivity contribution in [2.75, 3.05) is 34.5 Å². The van der Waals surface area contributed by atoms with Gasteiger partial charge in [0.25, 0.3) is 5.91 Å². The molecule has 1 heterocycles. The number of benzene rings is 3. The van der Waals surface area contributed by atoms with Gasteiger partial charge in [-0.3, -0.25) is 4.79 Å². The molecule has 0 N–H and O–H groups in total. The molecule has 1 amide bonds. The molecule has 3 aromatic carbocycles. The summed E-state index contributed by atoms with van der Waals surface area (Å²) in [6, 6.07) is 19.0. The highest BCUT2D eigenvalue weighted by atomic mass is 16.5. The molecule has 0 saturated heterocycles. The lowest BCUT2D eigenvalue weighted by Gasteiger charge is -2.37. The van der Waals surface area contributed by atoms with Gasteiger partial charge < -0.3 is 23.8 Å². The van der Waals surface area contributed by atoms with E-state index in [1.165, 1.54) is 5.56 Å². The quantitative estimate of drug-likeness (QED) is 0.468. The Morgan fingerprint density at radius 1 is 0.912 bits per heavy atom. The van der Waals surface area contributed by atoms with Gasteiger partial charge in [0.05, 0.1) is 27.4 Å². The van der Waals surface area contributed by atoms with E-state index in [0.29, 0.717) is 42.4 Å². The molecule has 34 heavy (non-hydrogen) atoms. The predicted molar refractivity (Wildman–Crippen MR) is 131 cm³/mol. The largest absolute Gasteiger partial charge is 0.497 e. The molecule has 0 saturated carbocycles. The van der Waals surface area contributed by atoms with Gasteiger partial charge in [-0.25, -0.2) is 0 Å². The van der Waals surface area contributed by atoms with Crippen LogP contribution in [0.4, 0.5) is 0 Å². The third-order valence-corrected chi connectivity index (χ3v) is 6.32. The molecule has 178 valence electrons. The van der Waals surface area contributed by atoms with Crippen LogP contribution in [0.3, 0.4) is 0 Å². The number of hydrogen-bond acceptors (Lipinski definition) is 5. The summed E-state index contributed by atoms with van der Waals surface area (Å²) >= 11 is 0. The van der Waals surface area contributed by atoms with E-state index in [0.717, 1.165) is 23.3 Å². The van der Waals surface area contributed by atoms with Gasteiger partial charge in [0.2, 0.25) is 0 Å². The fourth-order valence-corrected chi connectivity index (χ4v) is 4.37. The zero-order valence-corrected chi connectivity index (χ0v) is 20.2. The van der Waals surface area contributed by atoms with E-state index >= 15 is 0 Å². The van der Waals surface area contributed by atoms with E-state index in [2.05, 4.69) is 19.1 Å². The maximum atomic E-state index is 13.6. The van der Waals surface area contributed by atoms with Crippen LogP contribution in [0.25, 0.3) is 0 Å². The number of carbonyl (C=O) groups is 1. The molecule has 4 rings (SSSR count). The average Bonchev–Trinajstić information content (AvgIpc) is 2.90. The van der Waals surface area contributed by atoms with E-state index in [9.17, 15) is 4.79 Å². The van der Waals surface area contributed by atoms with Crippen LogP contribution < -0.4 is 18.9 Å². The van der Waals surface area contributed by atoms with Crippen molar-refractivity contribution in [3.63, 3.8) is 0 Å². The monoisotopic (exact) mass is 461 g/mol. The number of hydrogen-bond donors (Lipinski definition) is 0. The summed E-state index contributed by atoms with van der Waals surface area (Å²) in [5.74, 6) is 2.68. The van der Waals surface area contributed by atoms with Gasteiger partial charge in [-0.05, 0) is 72.0 Å². The van der Waals surface area contributed by atoms with E-state index < -0.39 is 0 Å². The van der Waals surface area contributed by atoms with E-state index in [1.807, 2.05) is 47.4 Å². The number of ether oxygens (including phenoxy) is 4. The molecule has 0 fully saturated rings. The molecule has 0 spiro atoms. The highest BCUT2D eigenvalue weighted by molar-refractivity contribution is 5.95. The molecule has 6 heteroatoms. The van der Waals surface area contributed by atoms with Gasteiger partial charge in [0.15, 0.2) is 11.5 Å². The zero-order chi connectivity index (χ0) is 24.1. The van der Waals surface area contributed by atoms with Crippen molar-refractivity contribution in [3.8, 4) is 23.0 Å². The first kappa shape index (κ1) is 23.5. The van der Waals surface area contributed by atoms with Crippen LogP contribution in [0.2, 0.25) is 0 Å². The van der Waals surface area contributed by atoms with Crippen molar-refractivity contribution in [2.45, 2.75) is 25.8 Å². The summed E-state index contributed by atoms with van der Waals surface area (Å²) in [5, 5.41) is 0. The van der Waals surface area contributed by atoms with Crippen LogP contribution >= 0.6 is 0 Å². The minimum absolute atomic E-state index is 0.0609. The molecule has 0 bridgehead atoms. The Balaban J connectivity index is 1.69. The second-order valence-electron chi connectivity index (χ2n) is 8.21. The maximum absolute atomic E-state index is 13.6. The van der Waals surface area contributed by atoms with E-state index in [4.69, 9.17) is 18.9 Å². The summed E-state index contributed by atoms with van der Waals surface area (Å²) in [7, 11) is 4.85. The van der Waals surface area contributed by atoms with Gasteiger partial charge in [0.1, 0.15) is 18.1 Å². The SMILES string of the molecule is CCc1ccc(OC[C@@H]2c3cc(OC)c(OC)cc3CCN2C(=O)c2cccc(OC)c2)cc1. The Kier molecular flexibility index (Phi) is 7.26. The normalized spacial score (nSPS) is 14.8. The molecule has 0 aromatic heterocycles. The summed E-state index contributed by atoms with van der Waals surface area (Å²) in [6.07, 6.45) is 1.69. The van der Waals surface area contributed by atoms with Crippen LogP contribution in [-0.4, -0.2) is 45.3 Å². The molecular weight excluding hydrogens is 430 g/mol. The fraction of sp³-hybridized carbons (Fsp3) is 0.321. The summed E-state index contributed by atoms with van der Waals surface area (Å²) in [4.78, 5) is 15.5. The molecule has 1 atom stereocenters. The van der Waals surface area contributed by atoms with Crippen molar-refractivity contribution >= 4 is 5.91 Å². The van der Waals surface area contributed by atoms with Gasteiger partial charge in [0, 0.05) is 12.1 Å².